The minimum absolute atomic E-state index is 0.0910. The average Bonchev–Trinajstić information content (AvgIpc) is 3.97. The fourth-order valence-corrected chi connectivity index (χ4v) is 10.2. The smallest absolute Gasteiger partial charge is 0.342 e. The number of nitrogens with zero attached hydrogens (tertiary/aromatic N) is 4. The number of halogens is 6. The number of para-hydroxylation sites is 4. The third kappa shape index (κ3) is 4.91. The zero-order valence-corrected chi connectivity index (χ0v) is 33.1. The third-order valence-corrected chi connectivity index (χ3v) is 12.8. The number of aryl methyl sites for hydroxylation is 2. The number of aromatic nitrogens is 4. The Morgan fingerprint density at radius 3 is 1.13 bits per heavy atom. The first-order valence-electron chi connectivity index (χ1n) is 20.1. The van der Waals surface area contributed by atoms with E-state index in [9.17, 15) is 13.2 Å². The van der Waals surface area contributed by atoms with Crippen LogP contribution in [0.25, 0.3) is 110 Å². The van der Waals surface area contributed by atoms with Crippen LogP contribution in [-0.4, -0.2) is 18.3 Å². The maximum Gasteiger partial charge on any atom is 0.416 e. The summed E-state index contributed by atoms with van der Waals surface area (Å²) in [6.45, 7) is 0. The van der Waals surface area contributed by atoms with Crippen LogP contribution in [0.3, 0.4) is 0 Å². The third-order valence-electron chi connectivity index (χ3n) is 12.8. The Balaban J connectivity index is 1.36. The van der Waals surface area contributed by atoms with E-state index in [-0.39, 0.29) is 22.5 Å². The fourth-order valence-electron chi connectivity index (χ4n) is 10.2. The highest BCUT2D eigenvalue weighted by molar-refractivity contribution is 6.25. The first kappa shape index (κ1) is 36.4. The van der Waals surface area contributed by atoms with Gasteiger partial charge in [0.1, 0.15) is 0 Å². The summed E-state index contributed by atoms with van der Waals surface area (Å²) in [5.74, 6) is 0. The number of fused-ring (bicyclic) bond motifs is 14. The standard InChI is InChI=1S/C52H32F6N4/c1-59-40-18-7-3-14-32(40)36-22-24-38-34-16-5-9-20-42(34)61(49(38)47(36)59)44-27-31(52(56,57)58)28-45(46(44)29-12-11-13-30(26-29)51(53,54)55)62-43-21-10-6-17-35(43)39-25-23-37-33-15-4-8-19-41(33)60(2)48(37)50(39)62/h3-28H,1-2H3. The normalized spacial score (nSPS) is 12.8. The molecule has 0 spiro atoms. The van der Waals surface area contributed by atoms with Crippen LogP contribution in [0, 0.1) is 0 Å². The van der Waals surface area contributed by atoms with Crippen LogP contribution in [0.4, 0.5) is 26.3 Å². The Kier molecular flexibility index (Phi) is 7.36. The van der Waals surface area contributed by atoms with E-state index < -0.39 is 23.5 Å². The number of rotatable bonds is 3. The van der Waals surface area contributed by atoms with Crippen LogP contribution in [0.1, 0.15) is 11.1 Å². The van der Waals surface area contributed by atoms with Gasteiger partial charge >= 0.3 is 12.4 Å². The molecule has 8 aromatic carbocycles. The van der Waals surface area contributed by atoms with Crippen LogP contribution in [-0.2, 0) is 26.4 Å². The molecule has 0 saturated carbocycles. The minimum Gasteiger partial charge on any atom is -0.342 e. The van der Waals surface area contributed by atoms with Gasteiger partial charge in [0.25, 0.3) is 0 Å². The van der Waals surface area contributed by atoms with Crippen molar-refractivity contribution in [1.82, 2.24) is 18.3 Å². The average molecular weight is 827 g/mol. The van der Waals surface area contributed by atoms with Gasteiger partial charge in [-0.15, -0.1) is 0 Å². The van der Waals surface area contributed by atoms with E-state index in [1.165, 1.54) is 6.07 Å². The second-order valence-corrected chi connectivity index (χ2v) is 16.0. The van der Waals surface area contributed by atoms with E-state index in [1.54, 1.807) is 6.07 Å². The summed E-state index contributed by atoms with van der Waals surface area (Å²) >= 11 is 0. The molecule has 0 atom stereocenters. The summed E-state index contributed by atoms with van der Waals surface area (Å²) in [6.07, 6.45) is -9.58. The molecule has 0 aliphatic rings. The number of hydrogen-bond donors (Lipinski definition) is 0. The van der Waals surface area contributed by atoms with Gasteiger partial charge in [0.05, 0.1) is 55.6 Å². The number of hydrogen-bond acceptors (Lipinski definition) is 0. The molecule has 302 valence electrons. The van der Waals surface area contributed by atoms with E-state index in [0.717, 1.165) is 89.4 Å². The van der Waals surface area contributed by atoms with Crippen molar-refractivity contribution in [2.24, 2.45) is 14.1 Å². The van der Waals surface area contributed by atoms with Crippen LogP contribution < -0.4 is 0 Å². The molecule has 4 heterocycles. The van der Waals surface area contributed by atoms with Crippen LogP contribution >= 0.6 is 0 Å². The van der Waals surface area contributed by atoms with Gasteiger partial charge in [-0.05, 0) is 54.1 Å². The lowest BCUT2D eigenvalue weighted by Gasteiger charge is -2.23. The summed E-state index contributed by atoms with van der Waals surface area (Å²) in [4.78, 5) is 0. The van der Waals surface area contributed by atoms with Crippen molar-refractivity contribution in [1.29, 1.82) is 0 Å². The summed E-state index contributed by atoms with van der Waals surface area (Å²) in [6, 6.07) is 46.0. The molecule has 0 unspecified atom stereocenters. The van der Waals surface area contributed by atoms with E-state index in [4.69, 9.17) is 0 Å². The molecule has 0 fully saturated rings. The maximum atomic E-state index is 15.8. The lowest BCUT2D eigenvalue weighted by atomic mass is 9.96. The van der Waals surface area contributed by atoms with Crippen molar-refractivity contribution >= 4 is 87.2 Å². The van der Waals surface area contributed by atoms with Gasteiger partial charge in [-0.3, -0.25) is 0 Å². The molecule has 10 heteroatoms. The summed E-state index contributed by atoms with van der Waals surface area (Å²) in [7, 11) is 3.87. The Bertz CT molecular complexity index is 3660. The molecule has 0 bridgehead atoms. The van der Waals surface area contributed by atoms with Gasteiger partial charge in [-0.25, -0.2) is 0 Å². The number of benzene rings is 8. The fraction of sp³-hybridized carbons (Fsp3) is 0.0769. The van der Waals surface area contributed by atoms with Crippen molar-refractivity contribution in [2.45, 2.75) is 12.4 Å². The van der Waals surface area contributed by atoms with Crippen molar-refractivity contribution in [3.8, 4) is 22.5 Å². The Morgan fingerprint density at radius 1 is 0.339 bits per heavy atom. The predicted octanol–water partition coefficient (Wildman–Crippen LogP) is 14.9. The van der Waals surface area contributed by atoms with Gasteiger partial charge in [-0.1, -0.05) is 109 Å². The molecule has 4 nitrogen and oxygen atoms in total. The number of alkyl halides is 6. The second kappa shape index (κ2) is 12.5. The van der Waals surface area contributed by atoms with Gasteiger partial charge < -0.3 is 18.3 Å². The van der Waals surface area contributed by atoms with Gasteiger partial charge in [0.15, 0.2) is 0 Å². The quantitative estimate of drug-likeness (QED) is 0.158. The zero-order chi connectivity index (χ0) is 42.4. The largest absolute Gasteiger partial charge is 0.416 e. The van der Waals surface area contributed by atoms with Crippen molar-refractivity contribution in [2.75, 3.05) is 0 Å². The van der Waals surface area contributed by atoms with Crippen LogP contribution in [0.2, 0.25) is 0 Å². The van der Waals surface area contributed by atoms with Gasteiger partial charge in [0.2, 0.25) is 0 Å². The van der Waals surface area contributed by atoms with Crippen LogP contribution in [0.15, 0.2) is 158 Å². The van der Waals surface area contributed by atoms with E-state index in [1.807, 2.05) is 154 Å². The van der Waals surface area contributed by atoms with E-state index in [2.05, 4.69) is 0 Å². The molecule has 0 saturated heterocycles. The molecular weight excluding hydrogens is 795 g/mol. The molecule has 0 aliphatic carbocycles. The molecule has 12 aromatic rings. The Hall–Kier alpha value is -7.46. The van der Waals surface area contributed by atoms with Crippen molar-refractivity contribution < 1.29 is 26.3 Å². The molecule has 0 aliphatic heterocycles. The van der Waals surface area contributed by atoms with Crippen molar-refractivity contribution in [3.05, 3.63) is 169 Å². The zero-order valence-electron chi connectivity index (χ0n) is 33.1. The summed E-state index contributed by atoms with van der Waals surface area (Å²) in [5.41, 5.74) is 4.56. The maximum absolute atomic E-state index is 15.8. The molecular formula is C52H32F6N4. The molecule has 62 heavy (non-hydrogen) atoms. The molecule has 0 radical (unpaired) electrons. The predicted molar refractivity (Wildman–Crippen MR) is 239 cm³/mol. The summed E-state index contributed by atoms with van der Waals surface area (Å²) < 4.78 is 99.4. The van der Waals surface area contributed by atoms with E-state index >= 15 is 13.2 Å². The second-order valence-electron chi connectivity index (χ2n) is 16.0. The SMILES string of the molecule is Cn1c2ccccc2c2ccc3c4ccccc4n(-c4cc(C(F)(F)F)cc(-n5c6ccccc6c6ccc7c8ccccc8n(C)c7c65)c4-c4cccc(C(F)(F)F)c4)c3c21. The topological polar surface area (TPSA) is 19.7 Å². The Labute approximate surface area is 348 Å². The van der Waals surface area contributed by atoms with E-state index in [0.29, 0.717) is 22.1 Å². The summed E-state index contributed by atoms with van der Waals surface area (Å²) in [5, 5.41) is 6.90. The monoisotopic (exact) mass is 826 g/mol. The molecule has 0 amide bonds. The molecule has 0 N–H and O–H groups in total. The highest BCUT2D eigenvalue weighted by atomic mass is 19.4. The first-order valence-corrected chi connectivity index (χ1v) is 20.1. The van der Waals surface area contributed by atoms with Crippen molar-refractivity contribution in [3.63, 3.8) is 0 Å². The van der Waals surface area contributed by atoms with Crippen LogP contribution in [0.5, 0.6) is 0 Å². The highest BCUT2D eigenvalue weighted by Crippen LogP contribution is 2.49. The molecule has 4 aromatic heterocycles. The van der Waals surface area contributed by atoms with Gasteiger partial charge in [0, 0.05) is 73.8 Å². The Morgan fingerprint density at radius 2 is 0.710 bits per heavy atom. The molecule has 12 rings (SSSR count). The highest BCUT2D eigenvalue weighted by Gasteiger charge is 2.36. The van der Waals surface area contributed by atoms with Gasteiger partial charge in [-0.2, -0.15) is 26.3 Å². The first-order chi connectivity index (χ1) is 29.9. The lowest BCUT2D eigenvalue weighted by Crippen LogP contribution is -2.12. The minimum atomic E-state index is -4.85. The lowest BCUT2D eigenvalue weighted by molar-refractivity contribution is -0.138.